The van der Waals surface area contributed by atoms with Crippen LogP contribution in [0.3, 0.4) is 0 Å². The van der Waals surface area contributed by atoms with Crippen LogP contribution in [-0.2, 0) is 4.79 Å². The molecule has 0 aliphatic heterocycles. The largest absolute Gasteiger partial charge is 0.573 e. The molecule has 1 aromatic carbocycles. The molecule has 0 heterocycles. The molecule has 0 aliphatic carbocycles. The monoisotopic (exact) mass is 316 g/mol. The van der Waals surface area contributed by atoms with Crippen LogP contribution < -0.4 is 15.4 Å². The minimum absolute atomic E-state index is 0.0962. The van der Waals surface area contributed by atoms with Crippen LogP contribution in [0.25, 0.3) is 0 Å². The Morgan fingerprint density at radius 2 is 1.81 bits per heavy atom. The molecule has 0 spiro atoms. The van der Waals surface area contributed by atoms with E-state index >= 15 is 0 Å². The number of hydrogen-bond donors (Lipinski definition) is 2. The van der Waals surface area contributed by atoms with Gasteiger partial charge in [0.2, 0.25) is 5.91 Å². The zero-order chi connectivity index (χ0) is 16.1. The summed E-state index contributed by atoms with van der Waals surface area (Å²) in [7, 11) is 0. The standard InChI is InChI=1S/C11H10F6N2O2/c12-10(13,14)6-19-9(20)5-18-7-2-1-3-8(4-7)21-11(15,16)17/h1-4,18H,5-6H2,(H,19,20). The van der Waals surface area contributed by atoms with Gasteiger partial charge in [-0.25, -0.2) is 0 Å². The number of carbonyl (C=O) groups is 1. The van der Waals surface area contributed by atoms with E-state index in [1.807, 2.05) is 0 Å². The highest BCUT2D eigenvalue weighted by Crippen LogP contribution is 2.24. The predicted octanol–water partition coefficient (Wildman–Crippen LogP) is 2.68. The van der Waals surface area contributed by atoms with Gasteiger partial charge in [0, 0.05) is 11.8 Å². The summed E-state index contributed by atoms with van der Waals surface area (Å²) in [6, 6.07) is 4.57. The molecule has 1 rings (SSSR count). The molecule has 21 heavy (non-hydrogen) atoms. The van der Waals surface area contributed by atoms with Crippen molar-refractivity contribution in [2.24, 2.45) is 0 Å². The number of carbonyl (C=O) groups excluding carboxylic acids is 1. The van der Waals surface area contributed by atoms with Crippen molar-refractivity contribution >= 4 is 11.6 Å². The lowest BCUT2D eigenvalue weighted by molar-refractivity contribution is -0.274. The number of ether oxygens (including phenoxy) is 1. The molecule has 10 heteroatoms. The highest BCUT2D eigenvalue weighted by molar-refractivity contribution is 5.80. The second-order valence-corrected chi connectivity index (χ2v) is 3.82. The van der Waals surface area contributed by atoms with E-state index in [1.165, 1.54) is 12.1 Å². The Morgan fingerprint density at radius 3 is 2.38 bits per heavy atom. The van der Waals surface area contributed by atoms with Gasteiger partial charge in [-0.05, 0) is 12.1 Å². The van der Waals surface area contributed by atoms with E-state index in [2.05, 4.69) is 10.1 Å². The van der Waals surface area contributed by atoms with Crippen LogP contribution in [0.1, 0.15) is 0 Å². The highest BCUT2D eigenvalue weighted by atomic mass is 19.4. The number of nitrogens with one attached hydrogen (secondary N) is 2. The molecular weight excluding hydrogens is 306 g/mol. The van der Waals surface area contributed by atoms with Gasteiger partial charge in [-0.3, -0.25) is 4.79 Å². The van der Waals surface area contributed by atoms with Gasteiger partial charge in [0.25, 0.3) is 0 Å². The van der Waals surface area contributed by atoms with Gasteiger partial charge in [-0.2, -0.15) is 13.2 Å². The third-order valence-corrected chi connectivity index (χ3v) is 2.01. The Morgan fingerprint density at radius 1 is 1.14 bits per heavy atom. The molecule has 0 saturated carbocycles. The molecule has 0 unspecified atom stereocenters. The van der Waals surface area contributed by atoms with Gasteiger partial charge in [0.05, 0.1) is 6.54 Å². The lowest BCUT2D eigenvalue weighted by atomic mass is 10.3. The molecule has 1 amide bonds. The van der Waals surface area contributed by atoms with Crippen LogP contribution in [0.4, 0.5) is 32.0 Å². The molecule has 0 radical (unpaired) electrons. The molecule has 1 aromatic rings. The summed E-state index contributed by atoms with van der Waals surface area (Å²) >= 11 is 0. The maximum atomic E-state index is 12.0. The molecule has 2 N–H and O–H groups in total. The van der Waals surface area contributed by atoms with Gasteiger partial charge < -0.3 is 15.4 Å². The first-order chi connectivity index (χ1) is 9.55. The first-order valence-corrected chi connectivity index (χ1v) is 5.48. The van der Waals surface area contributed by atoms with Crippen LogP contribution in [0.15, 0.2) is 24.3 Å². The lowest BCUT2D eigenvalue weighted by Crippen LogP contribution is -2.37. The van der Waals surface area contributed by atoms with Crippen LogP contribution in [-0.4, -0.2) is 31.5 Å². The third-order valence-electron chi connectivity index (χ3n) is 2.01. The second kappa shape index (κ2) is 6.55. The minimum Gasteiger partial charge on any atom is -0.406 e. The summed E-state index contributed by atoms with van der Waals surface area (Å²) in [6.07, 6.45) is -9.39. The van der Waals surface area contributed by atoms with E-state index in [0.29, 0.717) is 0 Å². The second-order valence-electron chi connectivity index (χ2n) is 3.82. The van der Waals surface area contributed by atoms with Gasteiger partial charge in [-0.1, -0.05) is 6.07 Å². The summed E-state index contributed by atoms with van der Waals surface area (Å²) in [5, 5.41) is 3.99. The summed E-state index contributed by atoms with van der Waals surface area (Å²) in [5.41, 5.74) is 0.0962. The van der Waals surface area contributed by atoms with Crippen LogP contribution in [0.5, 0.6) is 5.75 Å². The number of alkyl halides is 6. The van der Waals surface area contributed by atoms with E-state index in [1.54, 1.807) is 5.32 Å². The first-order valence-electron chi connectivity index (χ1n) is 5.48. The summed E-state index contributed by atoms with van der Waals surface area (Å²) in [6.45, 7) is -2.00. The molecule has 4 nitrogen and oxygen atoms in total. The molecule has 0 saturated heterocycles. The molecule has 0 atom stereocenters. The van der Waals surface area contributed by atoms with Crippen molar-refractivity contribution in [3.63, 3.8) is 0 Å². The number of rotatable bonds is 5. The van der Waals surface area contributed by atoms with Crippen LogP contribution in [0, 0.1) is 0 Å². The van der Waals surface area contributed by atoms with Crippen molar-refractivity contribution in [2.75, 3.05) is 18.4 Å². The topological polar surface area (TPSA) is 50.4 Å². The number of anilines is 1. The van der Waals surface area contributed by atoms with Crippen LogP contribution in [0.2, 0.25) is 0 Å². The van der Waals surface area contributed by atoms with E-state index in [0.717, 1.165) is 12.1 Å². The van der Waals surface area contributed by atoms with Gasteiger partial charge in [-0.15, -0.1) is 13.2 Å². The van der Waals surface area contributed by atoms with E-state index in [4.69, 9.17) is 0 Å². The number of halogens is 6. The Hall–Kier alpha value is -2.13. The Balaban J connectivity index is 2.48. The molecule has 0 aliphatic rings. The molecule has 0 aromatic heterocycles. The van der Waals surface area contributed by atoms with E-state index in [-0.39, 0.29) is 5.69 Å². The first kappa shape index (κ1) is 16.9. The van der Waals surface area contributed by atoms with Gasteiger partial charge in [0.15, 0.2) is 0 Å². The van der Waals surface area contributed by atoms with Crippen molar-refractivity contribution in [1.82, 2.24) is 5.32 Å². The SMILES string of the molecule is O=C(CNc1cccc(OC(F)(F)F)c1)NCC(F)(F)F. The lowest BCUT2D eigenvalue weighted by Gasteiger charge is -2.12. The Bertz CT molecular complexity index is 486. The fourth-order valence-electron chi connectivity index (χ4n) is 1.25. The third kappa shape index (κ3) is 7.90. The van der Waals surface area contributed by atoms with Crippen molar-refractivity contribution in [1.29, 1.82) is 0 Å². The zero-order valence-corrected chi connectivity index (χ0v) is 10.3. The fraction of sp³-hybridized carbons (Fsp3) is 0.364. The van der Waals surface area contributed by atoms with E-state index < -0.39 is 37.3 Å². The van der Waals surface area contributed by atoms with Crippen molar-refractivity contribution in [3.05, 3.63) is 24.3 Å². The van der Waals surface area contributed by atoms with Crippen molar-refractivity contribution < 1.29 is 35.9 Å². The van der Waals surface area contributed by atoms with Gasteiger partial charge >= 0.3 is 12.5 Å². The van der Waals surface area contributed by atoms with Crippen molar-refractivity contribution in [3.8, 4) is 5.75 Å². The van der Waals surface area contributed by atoms with Crippen LogP contribution >= 0.6 is 0 Å². The summed E-state index contributed by atoms with van der Waals surface area (Å²) < 4.78 is 75.1. The Kier molecular flexibility index (Phi) is 5.28. The maximum absolute atomic E-state index is 12.0. The van der Waals surface area contributed by atoms with Gasteiger partial charge in [0.1, 0.15) is 12.3 Å². The normalized spacial score (nSPS) is 11.9. The number of benzene rings is 1. The average Bonchev–Trinajstić information content (AvgIpc) is 2.31. The quantitative estimate of drug-likeness (QED) is 0.821. The maximum Gasteiger partial charge on any atom is 0.573 e. The van der Waals surface area contributed by atoms with Crippen molar-refractivity contribution in [2.45, 2.75) is 12.5 Å². The molecular formula is C11H10F6N2O2. The molecule has 0 fully saturated rings. The summed E-state index contributed by atoms with van der Waals surface area (Å²) in [5.74, 6) is -1.46. The molecule has 118 valence electrons. The molecule has 0 bridgehead atoms. The summed E-state index contributed by atoms with van der Waals surface area (Å²) in [4.78, 5) is 11.1. The smallest absolute Gasteiger partial charge is 0.406 e. The number of hydrogen-bond acceptors (Lipinski definition) is 3. The number of amides is 1. The van der Waals surface area contributed by atoms with E-state index in [9.17, 15) is 31.1 Å². The zero-order valence-electron chi connectivity index (χ0n) is 10.3. The Labute approximate surface area is 115 Å². The minimum atomic E-state index is -4.86. The average molecular weight is 316 g/mol. The fourth-order valence-corrected chi connectivity index (χ4v) is 1.25. The predicted molar refractivity (Wildman–Crippen MR) is 60.7 cm³/mol. The highest BCUT2D eigenvalue weighted by Gasteiger charge is 2.31.